The lowest BCUT2D eigenvalue weighted by Gasteiger charge is -2.21. The van der Waals surface area contributed by atoms with E-state index in [0.717, 1.165) is 16.7 Å². The summed E-state index contributed by atoms with van der Waals surface area (Å²) in [5.41, 5.74) is 8.86. The quantitative estimate of drug-likeness (QED) is 0.667. The Morgan fingerprint density at radius 2 is 1.58 bits per heavy atom. The number of carbonyl (C=O) groups excluding carboxylic acids is 2. The number of hydrogen-bond acceptors (Lipinski definition) is 4. The number of methoxy groups -OCH3 is 1. The van der Waals surface area contributed by atoms with Crippen LogP contribution in [0.15, 0.2) is 54.6 Å². The van der Waals surface area contributed by atoms with E-state index in [2.05, 4.69) is 33.0 Å². The summed E-state index contributed by atoms with van der Waals surface area (Å²) >= 11 is 0. The van der Waals surface area contributed by atoms with Gasteiger partial charge in [0.05, 0.1) is 7.11 Å². The topological polar surface area (TPSA) is 79.5 Å². The maximum absolute atomic E-state index is 12.2. The van der Waals surface area contributed by atoms with E-state index in [1.807, 2.05) is 56.3 Å². The molecule has 0 saturated carbocycles. The molecule has 26 heavy (non-hydrogen) atoms. The van der Waals surface area contributed by atoms with Gasteiger partial charge in [-0.05, 0) is 22.6 Å². The summed E-state index contributed by atoms with van der Waals surface area (Å²) in [6.45, 7) is 4.18. The minimum Gasteiger partial charge on any atom is -0.453 e. The molecule has 2 aromatic rings. The van der Waals surface area contributed by atoms with E-state index in [4.69, 9.17) is 0 Å². The van der Waals surface area contributed by atoms with Gasteiger partial charge < -0.3 is 10.1 Å². The van der Waals surface area contributed by atoms with Gasteiger partial charge in [0.2, 0.25) is 0 Å². The summed E-state index contributed by atoms with van der Waals surface area (Å²) < 4.78 is 4.55. The number of amides is 2. The van der Waals surface area contributed by atoms with E-state index in [9.17, 15) is 9.59 Å². The first-order valence-corrected chi connectivity index (χ1v) is 8.53. The third-order valence-electron chi connectivity index (χ3n) is 3.97. The molecule has 138 valence electrons. The highest BCUT2D eigenvalue weighted by Crippen LogP contribution is 2.19. The minimum absolute atomic E-state index is 0.0685. The van der Waals surface area contributed by atoms with Crippen LogP contribution in [0, 0.1) is 5.92 Å². The summed E-state index contributed by atoms with van der Waals surface area (Å²) in [6.07, 6.45) is -0.629. The van der Waals surface area contributed by atoms with Crippen LogP contribution in [0.25, 0.3) is 11.1 Å². The van der Waals surface area contributed by atoms with E-state index in [-0.39, 0.29) is 11.8 Å². The molecule has 0 spiro atoms. The zero-order valence-electron chi connectivity index (χ0n) is 15.3. The van der Waals surface area contributed by atoms with Crippen LogP contribution >= 0.6 is 0 Å². The smallest absolute Gasteiger partial charge is 0.407 e. The van der Waals surface area contributed by atoms with Crippen molar-refractivity contribution in [1.82, 2.24) is 16.2 Å². The molecule has 6 nitrogen and oxygen atoms in total. The Hall–Kier alpha value is -2.86. The van der Waals surface area contributed by atoms with Crippen molar-refractivity contribution in [1.29, 1.82) is 0 Å². The monoisotopic (exact) mass is 355 g/mol. The van der Waals surface area contributed by atoms with Gasteiger partial charge in [-0.15, -0.1) is 0 Å². The molecule has 2 amide bonds. The van der Waals surface area contributed by atoms with Crippen molar-refractivity contribution in [2.24, 2.45) is 5.92 Å². The number of benzene rings is 2. The zero-order chi connectivity index (χ0) is 18.9. The van der Waals surface area contributed by atoms with Crippen molar-refractivity contribution in [2.45, 2.75) is 26.4 Å². The maximum atomic E-state index is 12.2. The fraction of sp³-hybridized carbons (Fsp3) is 0.300. The summed E-state index contributed by atoms with van der Waals surface area (Å²) in [7, 11) is 1.27. The van der Waals surface area contributed by atoms with Gasteiger partial charge >= 0.3 is 6.09 Å². The molecule has 2 aromatic carbocycles. The van der Waals surface area contributed by atoms with Crippen LogP contribution in [-0.2, 0) is 16.1 Å². The molecule has 0 radical (unpaired) electrons. The highest BCUT2D eigenvalue weighted by atomic mass is 16.5. The fourth-order valence-electron chi connectivity index (χ4n) is 2.48. The lowest BCUT2D eigenvalue weighted by atomic mass is 10.0. The molecule has 0 fully saturated rings. The van der Waals surface area contributed by atoms with E-state index in [1.165, 1.54) is 7.11 Å². The average molecular weight is 355 g/mol. The lowest BCUT2D eigenvalue weighted by molar-refractivity contribution is -0.125. The highest BCUT2D eigenvalue weighted by molar-refractivity contribution is 5.85. The Morgan fingerprint density at radius 3 is 2.15 bits per heavy atom. The molecule has 0 unspecified atom stereocenters. The van der Waals surface area contributed by atoms with Crippen molar-refractivity contribution < 1.29 is 14.3 Å². The second-order valence-corrected chi connectivity index (χ2v) is 6.26. The Balaban J connectivity index is 1.86. The van der Waals surface area contributed by atoms with Crippen LogP contribution in [0.2, 0.25) is 0 Å². The minimum atomic E-state index is -0.671. The van der Waals surface area contributed by atoms with Crippen LogP contribution in [0.1, 0.15) is 19.4 Å². The van der Waals surface area contributed by atoms with Crippen molar-refractivity contribution in [3.8, 4) is 11.1 Å². The van der Waals surface area contributed by atoms with Crippen LogP contribution in [0.3, 0.4) is 0 Å². The van der Waals surface area contributed by atoms with E-state index in [0.29, 0.717) is 6.54 Å². The summed E-state index contributed by atoms with van der Waals surface area (Å²) in [5, 5.41) is 2.53. The van der Waals surface area contributed by atoms with Gasteiger partial charge in [-0.25, -0.2) is 10.2 Å². The second kappa shape index (κ2) is 9.58. The van der Waals surface area contributed by atoms with Gasteiger partial charge in [0, 0.05) is 6.54 Å². The summed E-state index contributed by atoms with van der Waals surface area (Å²) in [4.78, 5) is 23.6. The van der Waals surface area contributed by atoms with E-state index < -0.39 is 12.1 Å². The number of ether oxygens (including phenoxy) is 1. The van der Waals surface area contributed by atoms with Crippen molar-refractivity contribution in [3.63, 3.8) is 0 Å². The van der Waals surface area contributed by atoms with Gasteiger partial charge in [-0.1, -0.05) is 68.4 Å². The number of hydrazine groups is 1. The first kappa shape index (κ1) is 19.5. The molecule has 0 bridgehead atoms. The predicted octanol–water partition coefficient (Wildman–Crippen LogP) is 2.86. The normalized spacial score (nSPS) is 11.7. The first-order chi connectivity index (χ1) is 12.5. The largest absolute Gasteiger partial charge is 0.453 e. The van der Waals surface area contributed by atoms with Gasteiger partial charge in [0.25, 0.3) is 5.91 Å². The molecule has 2 rings (SSSR count). The third-order valence-corrected chi connectivity index (χ3v) is 3.97. The predicted molar refractivity (Wildman–Crippen MR) is 101 cm³/mol. The molecule has 0 aliphatic heterocycles. The van der Waals surface area contributed by atoms with Crippen LogP contribution in [0.4, 0.5) is 4.79 Å². The molecule has 0 aromatic heterocycles. The molecular formula is C20H25N3O3. The van der Waals surface area contributed by atoms with Gasteiger partial charge in [-0.3, -0.25) is 10.2 Å². The van der Waals surface area contributed by atoms with E-state index >= 15 is 0 Å². The van der Waals surface area contributed by atoms with E-state index in [1.54, 1.807) is 0 Å². The standard InChI is InChI=1S/C20H25N3O3/c1-14(2)18(22-20(25)26-3)19(24)23-21-13-15-9-11-17(12-10-15)16-7-5-4-6-8-16/h4-12,14,18,21H,13H2,1-3H3,(H,22,25)(H,23,24)/t18-/m0/s1. The van der Waals surface area contributed by atoms with Crippen LogP contribution in [-0.4, -0.2) is 25.2 Å². The zero-order valence-corrected chi connectivity index (χ0v) is 15.3. The van der Waals surface area contributed by atoms with Crippen LogP contribution < -0.4 is 16.2 Å². The number of rotatable bonds is 7. The van der Waals surface area contributed by atoms with Gasteiger partial charge in [0.15, 0.2) is 0 Å². The molecule has 3 N–H and O–H groups in total. The molecule has 6 heteroatoms. The van der Waals surface area contributed by atoms with Gasteiger partial charge in [0.1, 0.15) is 6.04 Å². The van der Waals surface area contributed by atoms with Crippen molar-refractivity contribution >= 4 is 12.0 Å². The number of carbonyl (C=O) groups is 2. The third kappa shape index (κ3) is 5.60. The van der Waals surface area contributed by atoms with Crippen molar-refractivity contribution in [2.75, 3.05) is 7.11 Å². The average Bonchev–Trinajstić information content (AvgIpc) is 2.66. The Bertz CT molecular complexity index is 715. The van der Waals surface area contributed by atoms with Crippen molar-refractivity contribution in [3.05, 3.63) is 60.2 Å². The number of alkyl carbamates (subject to hydrolysis) is 1. The van der Waals surface area contributed by atoms with Crippen LogP contribution in [0.5, 0.6) is 0 Å². The molecule has 0 heterocycles. The molecule has 0 aliphatic carbocycles. The summed E-state index contributed by atoms with van der Waals surface area (Å²) in [5.74, 6) is -0.382. The maximum Gasteiger partial charge on any atom is 0.407 e. The number of hydrogen-bond donors (Lipinski definition) is 3. The molecule has 0 saturated heterocycles. The molecule has 0 aliphatic rings. The Morgan fingerprint density at radius 1 is 0.962 bits per heavy atom. The Kier molecular flexibility index (Phi) is 7.17. The molecule has 1 atom stereocenters. The molecular weight excluding hydrogens is 330 g/mol. The summed E-state index contributed by atoms with van der Waals surface area (Å²) in [6, 6.07) is 17.6. The second-order valence-electron chi connectivity index (χ2n) is 6.26. The highest BCUT2D eigenvalue weighted by Gasteiger charge is 2.24. The first-order valence-electron chi connectivity index (χ1n) is 8.53. The fourth-order valence-corrected chi connectivity index (χ4v) is 2.48. The Labute approximate surface area is 153 Å². The lowest BCUT2D eigenvalue weighted by Crippen LogP contribution is -2.53. The SMILES string of the molecule is COC(=O)N[C@H](C(=O)NNCc1ccc(-c2ccccc2)cc1)C(C)C. The van der Waals surface area contributed by atoms with Gasteiger partial charge in [-0.2, -0.15) is 0 Å². The number of nitrogens with one attached hydrogen (secondary N) is 3.